The highest BCUT2D eigenvalue weighted by molar-refractivity contribution is 5.78. The molecule has 3 rings (SSSR count). The lowest BCUT2D eigenvalue weighted by Crippen LogP contribution is -2.19. The molecule has 5 nitrogen and oxygen atoms in total. The first-order chi connectivity index (χ1) is 10.3. The highest BCUT2D eigenvalue weighted by Gasteiger charge is 2.15. The van der Waals surface area contributed by atoms with Gasteiger partial charge >= 0.3 is 0 Å². The summed E-state index contributed by atoms with van der Waals surface area (Å²) in [4.78, 5) is 4.50. The molecule has 1 aromatic carbocycles. The number of hydrogen-bond acceptors (Lipinski definition) is 5. The molecule has 0 aliphatic rings. The van der Waals surface area contributed by atoms with Crippen molar-refractivity contribution in [3.05, 3.63) is 59.9 Å². The Morgan fingerprint density at radius 1 is 1.10 bits per heavy atom. The van der Waals surface area contributed by atoms with Crippen molar-refractivity contribution >= 4 is 10.9 Å². The standard InChI is InChI=1S/C16H16N4O/c1-17-16(14-7-8-15(21-2)20-19-14)12-9-11-5-3-4-6-13(11)18-10-12/h3-10,16-17H,1-2H3. The van der Waals surface area contributed by atoms with Gasteiger partial charge in [0, 0.05) is 17.6 Å². The molecule has 0 saturated carbocycles. The number of pyridine rings is 1. The second-order valence-electron chi connectivity index (χ2n) is 4.68. The first-order valence-electron chi connectivity index (χ1n) is 6.71. The van der Waals surface area contributed by atoms with Crippen molar-refractivity contribution < 1.29 is 4.74 Å². The average Bonchev–Trinajstić information content (AvgIpc) is 2.56. The number of ether oxygens (including phenoxy) is 1. The monoisotopic (exact) mass is 280 g/mol. The van der Waals surface area contributed by atoms with E-state index in [-0.39, 0.29) is 6.04 Å². The zero-order valence-electron chi connectivity index (χ0n) is 11.9. The Kier molecular flexibility index (Phi) is 3.75. The van der Waals surface area contributed by atoms with Crippen molar-refractivity contribution in [1.29, 1.82) is 0 Å². The van der Waals surface area contributed by atoms with Crippen LogP contribution in [0.5, 0.6) is 5.88 Å². The van der Waals surface area contributed by atoms with Crippen LogP contribution in [0.3, 0.4) is 0 Å². The van der Waals surface area contributed by atoms with Crippen LogP contribution in [-0.2, 0) is 0 Å². The van der Waals surface area contributed by atoms with Gasteiger partial charge in [0.1, 0.15) is 0 Å². The number of fused-ring (bicyclic) bond motifs is 1. The Hall–Kier alpha value is -2.53. The summed E-state index contributed by atoms with van der Waals surface area (Å²) in [5, 5.41) is 12.6. The molecule has 3 aromatic rings. The van der Waals surface area contributed by atoms with Gasteiger partial charge in [-0.05, 0) is 30.8 Å². The fraction of sp³-hybridized carbons (Fsp3) is 0.188. The Labute approximate surface area is 123 Å². The number of aromatic nitrogens is 3. The molecule has 21 heavy (non-hydrogen) atoms. The summed E-state index contributed by atoms with van der Waals surface area (Å²) in [5.74, 6) is 0.505. The molecule has 0 spiro atoms. The lowest BCUT2D eigenvalue weighted by molar-refractivity contribution is 0.390. The first-order valence-corrected chi connectivity index (χ1v) is 6.71. The third kappa shape index (κ3) is 2.68. The van der Waals surface area contributed by atoms with Gasteiger partial charge in [-0.2, -0.15) is 0 Å². The molecule has 2 aromatic heterocycles. The fourth-order valence-electron chi connectivity index (χ4n) is 2.32. The van der Waals surface area contributed by atoms with Gasteiger partial charge in [0.25, 0.3) is 0 Å². The molecule has 2 heterocycles. The molecular weight excluding hydrogens is 264 g/mol. The Morgan fingerprint density at radius 3 is 2.67 bits per heavy atom. The maximum atomic E-state index is 5.04. The van der Waals surface area contributed by atoms with Gasteiger partial charge in [0.2, 0.25) is 5.88 Å². The molecule has 5 heteroatoms. The summed E-state index contributed by atoms with van der Waals surface area (Å²) in [6.45, 7) is 0. The molecular formula is C16H16N4O. The zero-order valence-corrected chi connectivity index (χ0v) is 11.9. The Balaban J connectivity index is 2.00. The number of para-hydroxylation sites is 1. The normalized spacial score (nSPS) is 12.3. The van der Waals surface area contributed by atoms with Crippen LogP contribution in [0.4, 0.5) is 0 Å². The Morgan fingerprint density at radius 2 is 1.95 bits per heavy atom. The molecule has 0 aliphatic carbocycles. The molecule has 1 N–H and O–H groups in total. The van der Waals surface area contributed by atoms with Crippen LogP contribution >= 0.6 is 0 Å². The number of nitrogens with zero attached hydrogens (tertiary/aromatic N) is 3. The van der Waals surface area contributed by atoms with Gasteiger partial charge in [0.05, 0.1) is 24.4 Å². The second kappa shape index (κ2) is 5.85. The van der Waals surface area contributed by atoms with E-state index in [1.54, 1.807) is 13.2 Å². The van der Waals surface area contributed by atoms with Crippen molar-refractivity contribution in [3.8, 4) is 5.88 Å². The number of benzene rings is 1. The highest BCUT2D eigenvalue weighted by Crippen LogP contribution is 2.23. The average molecular weight is 280 g/mol. The van der Waals surface area contributed by atoms with Crippen molar-refractivity contribution in [2.75, 3.05) is 14.2 Å². The van der Waals surface area contributed by atoms with Gasteiger partial charge < -0.3 is 10.1 Å². The van der Waals surface area contributed by atoms with Crippen LogP contribution in [-0.4, -0.2) is 29.3 Å². The van der Waals surface area contributed by atoms with E-state index in [0.717, 1.165) is 22.2 Å². The predicted octanol–water partition coefficient (Wildman–Crippen LogP) is 2.34. The minimum Gasteiger partial charge on any atom is -0.480 e. The Bertz CT molecular complexity index is 743. The van der Waals surface area contributed by atoms with E-state index in [9.17, 15) is 0 Å². The first kappa shape index (κ1) is 13.5. The minimum atomic E-state index is -0.0551. The SMILES string of the molecule is CNC(c1cnc2ccccc2c1)c1ccc(OC)nn1. The van der Waals surface area contributed by atoms with E-state index < -0.39 is 0 Å². The van der Waals surface area contributed by atoms with Crippen molar-refractivity contribution in [2.45, 2.75) is 6.04 Å². The molecule has 0 bridgehead atoms. The van der Waals surface area contributed by atoms with Crippen molar-refractivity contribution in [2.24, 2.45) is 0 Å². The number of hydrogen-bond donors (Lipinski definition) is 1. The van der Waals surface area contributed by atoms with Crippen molar-refractivity contribution in [3.63, 3.8) is 0 Å². The number of methoxy groups -OCH3 is 1. The third-order valence-corrected chi connectivity index (χ3v) is 3.40. The quantitative estimate of drug-likeness (QED) is 0.795. The van der Waals surface area contributed by atoms with Gasteiger partial charge in [-0.15, -0.1) is 10.2 Å². The van der Waals surface area contributed by atoms with E-state index >= 15 is 0 Å². The maximum absolute atomic E-state index is 5.04. The summed E-state index contributed by atoms with van der Waals surface area (Å²) < 4.78 is 5.04. The summed E-state index contributed by atoms with van der Waals surface area (Å²) >= 11 is 0. The third-order valence-electron chi connectivity index (χ3n) is 3.40. The van der Waals surface area contributed by atoms with Gasteiger partial charge in [-0.3, -0.25) is 4.98 Å². The molecule has 1 unspecified atom stereocenters. The van der Waals surface area contributed by atoms with Crippen LogP contribution < -0.4 is 10.1 Å². The van der Waals surface area contributed by atoms with Crippen LogP contribution in [0, 0.1) is 0 Å². The topological polar surface area (TPSA) is 59.9 Å². The van der Waals surface area contributed by atoms with Crippen molar-refractivity contribution in [1.82, 2.24) is 20.5 Å². The largest absolute Gasteiger partial charge is 0.480 e. The fourth-order valence-corrected chi connectivity index (χ4v) is 2.32. The molecule has 0 radical (unpaired) electrons. The molecule has 0 aliphatic heterocycles. The van der Waals surface area contributed by atoms with E-state index in [4.69, 9.17) is 4.74 Å². The maximum Gasteiger partial charge on any atom is 0.233 e. The number of nitrogens with one attached hydrogen (secondary N) is 1. The summed E-state index contributed by atoms with van der Waals surface area (Å²) in [6, 6.07) is 13.8. The zero-order chi connectivity index (χ0) is 14.7. The predicted molar refractivity (Wildman–Crippen MR) is 81.2 cm³/mol. The lowest BCUT2D eigenvalue weighted by Gasteiger charge is -2.16. The second-order valence-corrected chi connectivity index (χ2v) is 4.68. The van der Waals surface area contributed by atoms with E-state index in [0.29, 0.717) is 5.88 Å². The molecule has 106 valence electrons. The molecule has 1 atom stereocenters. The lowest BCUT2D eigenvalue weighted by atomic mass is 10.0. The van der Waals surface area contributed by atoms with E-state index in [1.807, 2.05) is 37.5 Å². The summed E-state index contributed by atoms with van der Waals surface area (Å²) in [5.41, 5.74) is 2.86. The highest BCUT2D eigenvalue weighted by atomic mass is 16.5. The van der Waals surface area contributed by atoms with Crippen LogP contribution in [0.1, 0.15) is 17.3 Å². The molecule has 0 amide bonds. The summed E-state index contributed by atoms with van der Waals surface area (Å²) in [7, 11) is 3.47. The molecule has 0 saturated heterocycles. The van der Waals surface area contributed by atoms with Crippen LogP contribution in [0.15, 0.2) is 48.7 Å². The van der Waals surface area contributed by atoms with Gasteiger partial charge in [0.15, 0.2) is 0 Å². The minimum absolute atomic E-state index is 0.0551. The van der Waals surface area contributed by atoms with E-state index in [1.165, 1.54) is 0 Å². The smallest absolute Gasteiger partial charge is 0.233 e. The van der Waals surface area contributed by atoms with Gasteiger partial charge in [-0.1, -0.05) is 18.2 Å². The number of rotatable bonds is 4. The summed E-state index contributed by atoms with van der Waals surface area (Å²) in [6.07, 6.45) is 1.87. The van der Waals surface area contributed by atoms with Gasteiger partial charge in [-0.25, -0.2) is 0 Å². The van der Waals surface area contributed by atoms with Crippen LogP contribution in [0.2, 0.25) is 0 Å². The molecule has 0 fully saturated rings. The van der Waals surface area contributed by atoms with Crippen LogP contribution in [0.25, 0.3) is 10.9 Å². The van der Waals surface area contributed by atoms with E-state index in [2.05, 4.69) is 32.6 Å².